The first kappa shape index (κ1) is 17.5. The Hall–Kier alpha value is -1.82. The molecule has 0 spiro atoms. The van der Waals surface area contributed by atoms with Crippen LogP contribution in [0.15, 0.2) is 18.3 Å². The fourth-order valence-corrected chi connectivity index (χ4v) is 3.48. The van der Waals surface area contributed by atoms with Gasteiger partial charge in [0.2, 0.25) is 5.88 Å². The van der Waals surface area contributed by atoms with Gasteiger partial charge in [-0.2, -0.15) is 0 Å². The van der Waals surface area contributed by atoms with Gasteiger partial charge in [0.15, 0.2) is 0 Å². The largest absolute Gasteiger partial charge is 0.481 e. The second-order valence-corrected chi connectivity index (χ2v) is 7.53. The number of nitrogens with zero attached hydrogens (tertiary/aromatic N) is 1. The molecule has 2 heterocycles. The van der Waals surface area contributed by atoms with Crippen molar-refractivity contribution in [3.05, 3.63) is 23.9 Å². The standard InChI is InChI=1S/C17H28N4O2/c1-16(2)8-13(9-17(3,4)21-16)20-15(22)19-11-12-6-7-14(23-5)18-10-12/h6-7,10,13,21H,8-9,11H2,1-5H3,(H2,19,20,22). The van der Waals surface area contributed by atoms with E-state index in [1.54, 1.807) is 19.4 Å². The second kappa shape index (κ2) is 6.74. The summed E-state index contributed by atoms with van der Waals surface area (Å²) >= 11 is 0. The molecule has 0 unspecified atom stereocenters. The highest BCUT2D eigenvalue weighted by molar-refractivity contribution is 5.74. The molecule has 0 saturated carbocycles. The summed E-state index contributed by atoms with van der Waals surface area (Å²) in [6, 6.07) is 3.70. The van der Waals surface area contributed by atoms with Crippen LogP contribution in [0.4, 0.5) is 4.79 Å². The molecule has 0 aromatic carbocycles. The van der Waals surface area contributed by atoms with Crippen molar-refractivity contribution in [2.24, 2.45) is 0 Å². The number of carbonyl (C=O) groups is 1. The highest BCUT2D eigenvalue weighted by atomic mass is 16.5. The molecule has 128 valence electrons. The summed E-state index contributed by atoms with van der Waals surface area (Å²) in [4.78, 5) is 16.3. The fourth-order valence-electron chi connectivity index (χ4n) is 3.48. The average molecular weight is 320 g/mol. The molecule has 1 aliphatic rings. The first-order chi connectivity index (χ1) is 10.7. The van der Waals surface area contributed by atoms with Gasteiger partial charge in [-0.05, 0) is 46.1 Å². The summed E-state index contributed by atoms with van der Waals surface area (Å²) in [5.74, 6) is 0.567. The normalized spacial score (nSPS) is 19.9. The Labute approximate surface area is 138 Å². The van der Waals surface area contributed by atoms with Gasteiger partial charge in [-0.25, -0.2) is 9.78 Å². The van der Waals surface area contributed by atoms with Gasteiger partial charge in [-0.15, -0.1) is 0 Å². The predicted molar refractivity (Wildman–Crippen MR) is 90.5 cm³/mol. The van der Waals surface area contributed by atoms with Gasteiger partial charge in [0.25, 0.3) is 0 Å². The Bertz CT molecular complexity index is 524. The van der Waals surface area contributed by atoms with E-state index in [0.717, 1.165) is 18.4 Å². The van der Waals surface area contributed by atoms with E-state index in [9.17, 15) is 4.79 Å². The monoisotopic (exact) mass is 320 g/mol. The second-order valence-electron chi connectivity index (χ2n) is 7.53. The smallest absolute Gasteiger partial charge is 0.315 e. The summed E-state index contributed by atoms with van der Waals surface area (Å²) in [6.45, 7) is 9.13. The first-order valence-electron chi connectivity index (χ1n) is 8.02. The van der Waals surface area contributed by atoms with E-state index in [-0.39, 0.29) is 23.2 Å². The lowest BCUT2D eigenvalue weighted by atomic mass is 9.80. The summed E-state index contributed by atoms with van der Waals surface area (Å²) in [5.41, 5.74) is 0.964. The fraction of sp³-hybridized carbons (Fsp3) is 0.647. The maximum absolute atomic E-state index is 12.1. The molecular weight excluding hydrogens is 292 g/mol. The number of nitrogens with one attached hydrogen (secondary N) is 3. The Morgan fingerprint density at radius 3 is 2.48 bits per heavy atom. The molecule has 1 aromatic heterocycles. The molecule has 2 rings (SSSR count). The van der Waals surface area contributed by atoms with Crippen molar-refractivity contribution < 1.29 is 9.53 Å². The number of pyridine rings is 1. The van der Waals surface area contributed by atoms with Crippen LogP contribution < -0.4 is 20.7 Å². The van der Waals surface area contributed by atoms with E-state index in [0.29, 0.717) is 12.4 Å². The third kappa shape index (κ3) is 5.39. The number of aromatic nitrogens is 1. The van der Waals surface area contributed by atoms with E-state index >= 15 is 0 Å². The van der Waals surface area contributed by atoms with Crippen molar-refractivity contribution in [2.45, 2.75) is 64.2 Å². The highest BCUT2D eigenvalue weighted by Crippen LogP contribution is 2.28. The molecule has 0 bridgehead atoms. The van der Waals surface area contributed by atoms with Crippen molar-refractivity contribution in [3.8, 4) is 5.88 Å². The van der Waals surface area contributed by atoms with E-state index in [1.165, 1.54) is 0 Å². The van der Waals surface area contributed by atoms with E-state index in [2.05, 4.69) is 48.6 Å². The molecule has 3 N–H and O–H groups in total. The quantitative estimate of drug-likeness (QED) is 0.795. The van der Waals surface area contributed by atoms with Crippen LogP contribution in [0.3, 0.4) is 0 Å². The predicted octanol–water partition coefficient (Wildman–Crippen LogP) is 2.20. The van der Waals surface area contributed by atoms with Crippen LogP contribution in [-0.4, -0.2) is 35.2 Å². The number of urea groups is 1. The van der Waals surface area contributed by atoms with Crippen LogP contribution in [0.1, 0.15) is 46.1 Å². The molecule has 0 radical (unpaired) electrons. The molecule has 0 aliphatic carbocycles. The average Bonchev–Trinajstić information content (AvgIpc) is 2.42. The lowest BCUT2D eigenvalue weighted by Crippen LogP contribution is -2.62. The number of amides is 2. The zero-order valence-corrected chi connectivity index (χ0v) is 14.7. The number of rotatable bonds is 4. The van der Waals surface area contributed by atoms with Gasteiger partial charge in [0.05, 0.1) is 7.11 Å². The van der Waals surface area contributed by atoms with Crippen molar-refractivity contribution in [1.29, 1.82) is 0 Å². The molecule has 1 saturated heterocycles. The van der Waals surface area contributed by atoms with Gasteiger partial charge in [-0.3, -0.25) is 0 Å². The maximum Gasteiger partial charge on any atom is 0.315 e. The van der Waals surface area contributed by atoms with Crippen LogP contribution in [0, 0.1) is 0 Å². The highest BCUT2D eigenvalue weighted by Gasteiger charge is 2.38. The Kier molecular flexibility index (Phi) is 5.14. The first-order valence-corrected chi connectivity index (χ1v) is 8.02. The number of hydrogen-bond acceptors (Lipinski definition) is 4. The number of methoxy groups -OCH3 is 1. The molecule has 6 heteroatoms. The van der Waals surface area contributed by atoms with Crippen LogP contribution in [-0.2, 0) is 6.54 Å². The van der Waals surface area contributed by atoms with E-state index < -0.39 is 0 Å². The van der Waals surface area contributed by atoms with Crippen LogP contribution in [0.2, 0.25) is 0 Å². The number of ether oxygens (including phenoxy) is 1. The molecule has 23 heavy (non-hydrogen) atoms. The molecule has 1 fully saturated rings. The summed E-state index contributed by atoms with van der Waals surface area (Å²) in [5, 5.41) is 9.59. The molecule has 1 aliphatic heterocycles. The van der Waals surface area contributed by atoms with Gasteiger partial charge < -0.3 is 20.7 Å². The summed E-state index contributed by atoms with van der Waals surface area (Å²) in [6.07, 6.45) is 3.53. The molecule has 0 atom stereocenters. The van der Waals surface area contributed by atoms with Crippen LogP contribution in [0.25, 0.3) is 0 Å². The van der Waals surface area contributed by atoms with Crippen molar-refractivity contribution in [2.75, 3.05) is 7.11 Å². The van der Waals surface area contributed by atoms with Crippen molar-refractivity contribution in [1.82, 2.24) is 20.9 Å². The summed E-state index contributed by atoms with van der Waals surface area (Å²) in [7, 11) is 1.58. The van der Waals surface area contributed by atoms with E-state index in [4.69, 9.17) is 4.74 Å². The third-order valence-electron chi connectivity index (χ3n) is 3.99. The topological polar surface area (TPSA) is 75.3 Å². The zero-order valence-electron chi connectivity index (χ0n) is 14.7. The Balaban J connectivity index is 1.84. The third-order valence-corrected chi connectivity index (χ3v) is 3.99. The van der Waals surface area contributed by atoms with Crippen molar-refractivity contribution in [3.63, 3.8) is 0 Å². The maximum atomic E-state index is 12.1. The van der Waals surface area contributed by atoms with Crippen molar-refractivity contribution >= 4 is 6.03 Å². The van der Waals surface area contributed by atoms with Gasteiger partial charge in [0.1, 0.15) is 0 Å². The van der Waals surface area contributed by atoms with Gasteiger partial charge in [-0.1, -0.05) is 6.07 Å². The molecule has 1 aromatic rings. The van der Waals surface area contributed by atoms with Crippen LogP contribution >= 0.6 is 0 Å². The molecule has 2 amide bonds. The number of piperidine rings is 1. The molecular formula is C17H28N4O2. The minimum atomic E-state index is -0.140. The number of hydrogen-bond donors (Lipinski definition) is 3. The summed E-state index contributed by atoms with van der Waals surface area (Å²) < 4.78 is 5.02. The van der Waals surface area contributed by atoms with Crippen LogP contribution in [0.5, 0.6) is 5.88 Å². The lowest BCUT2D eigenvalue weighted by molar-refractivity contribution is 0.147. The minimum Gasteiger partial charge on any atom is -0.481 e. The van der Waals surface area contributed by atoms with E-state index in [1.807, 2.05) is 6.07 Å². The minimum absolute atomic E-state index is 0.0135. The number of carbonyl (C=O) groups excluding carboxylic acids is 1. The SMILES string of the molecule is COc1ccc(CNC(=O)NC2CC(C)(C)NC(C)(C)C2)cn1. The molecule has 6 nitrogen and oxygen atoms in total. The van der Waals surface area contributed by atoms with Gasteiger partial charge in [0, 0.05) is 35.9 Å². The lowest BCUT2D eigenvalue weighted by Gasteiger charge is -2.46. The zero-order chi connectivity index (χ0) is 17.1. The Morgan fingerprint density at radius 1 is 1.30 bits per heavy atom. The van der Waals surface area contributed by atoms with Gasteiger partial charge >= 0.3 is 6.03 Å². The Morgan fingerprint density at radius 2 is 1.96 bits per heavy atom.